The third kappa shape index (κ3) is 2.97. The monoisotopic (exact) mass is 334 g/mol. The molecule has 0 aliphatic carbocycles. The third-order valence-electron chi connectivity index (χ3n) is 4.72. The second-order valence-electron chi connectivity index (χ2n) is 6.54. The van der Waals surface area contributed by atoms with Crippen LogP contribution in [-0.4, -0.2) is 46.8 Å². The van der Waals surface area contributed by atoms with E-state index in [2.05, 4.69) is 0 Å². The van der Waals surface area contributed by atoms with Gasteiger partial charge in [0, 0.05) is 24.3 Å². The fraction of sp³-hybridized carbons (Fsp3) is 0.529. The molecule has 2 aliphatic heterocycles. The first-order chi connectivity index (χ1) is 11.4. The zero-order valence-corrected chi connectivity index (χ0v) is 13.9. The molecule has 2 amide bonds. The summed E-state index contributed by atoms with van der Waals surface area (Å²) in [6.45, 7) is 5.12. The highest BCUT2D eigenvalue weighted by molar-refractivity contribution is 5.94. The third-order valence-corrected chi connectivity index (χ3v) is 4.72. The van der Waals surface area contributed by atoms with Gasteiger partial charge in [-0.2, -0.15) is 0 Å². The van der Waals surface area contributed by atoms with Gasteiger partial charge in [0.2, 0.25) is 0 Å². The Morgan fingerprint density at radius 1 is 1.42 bits per heavy atom. The van der Waals surface area contributed by atoms with Crippen LogP contribution in [0.5, 0.6) is 5.75 Å². The smallest absolute Gasteiger partial charge is 0.274 e. The van der Waals surface area contributed by atoms with Crippen molar-refractivity contribution in [1.82, 2.24) is 10.4 Å². The second kappa shape index (κ2) is 6.41. The van der Waals surface area contributed by atoms with E-state index in [0.717, 1.165) is 18.4 Å². The maximum atomic E-state index is 13.0. The highest BCUT2D eigenvalue weighted by Gasteiger charge is 2.42. The number of hydrogen-bond donors (Lipinski definition) is 2. The molecule has 1 aromatic carbocycles. The van der Waals surface area contributed by atoms with Crippen LogP contribution in [0.1, 0.15) is 42.6 Å². The summed E-state index contributed by atoms with van der Waals surface area (Å²) in [5.74, 6) is -0.0737. The Balaban J connectivity index is 1.87. The van der Waals surface area contributed by atoms with Crippen LogP contribution in [0.25, 0.3) is 0 Å². The summed E-state index contributed by atoms with van der Waals surface area (Å²) in [5.41, 5.74) is 1.96. The summed E-state index contributed by atoms with van der Waals surface area (Å²) in [6.07, 6.45) is 1.61. The molecular formula is C17H22N2O5. The molecule has 0 spiro atoms. The van der Waals surface area contributed by atoms with Gasteiger partial charge in [-0.3, -0.25) is 14.8 Å². The van der Waals surface area contributed by atoms with E-state index >= 15 is 0 Å². The van der Waals surface area contributed by atoms with Gasteiger partial charge in [0.05, 0.1) is 6.04 Å². The zero-order chi connectivity index (χ0) is 17.3. The number of benzene rings is 1. The van der Waals surface area contributed by atoms with Crippen molar-refractivity contribution in [3.8, 4) is 5.75 Å². The molecular weight excluding hydrogens is 312 g/mol. The van der Waals surface area contributed by atoms with Crippen molar-refractivity contribution < 1.29 is 24.3 Å². The first-order valence-corrected chi connectivity index (χ1v) is 8.10. The molecule has 1 saturated heterocycles. The predicted octanol–water partition coefficient (Wildman–Crippen LogP) is 1.48. The number of ether oxygens (including phenoxy) is 2. The van der Waals surface area contributed by atoms with Crippen LogP contribution in [0, 0.1) is 0 Å². The van der Waals surface area contributed by atoms with E-state index in [9.17, 15) is 9.59 Å². The van der Waals surface area contributed by atoms with Crippen LogP contribution in [-0.2, 0) is 16.1 Å². The van der Waals surface area contributed by atoms with Gasteiger partial charge in [0.1, 0.15) is 18.0 Å². The number of fused-ring (bicyclic) bond motifs is 1. The number of hydrogen-bond acceptors (Lipinski definition) is 5. The minimum Gasteiger partial charge on any atom is -0.491 e. The van der Waals surface area contributed by atoms with Crippen molar-refractivity contribution in [3.05, 3.63) is 29.3 Å². The van der Waals surface area contributed by atoms with Gasteiger partial charge in [-0.05, 0) is 38.8 Å². The van der Waals surface area contributed by atoms with E-state index in [1.54, 1.807) is 28.6 Å². The number of amides is 2. The average Bonchev–Trinajstić information content (AvgIpc) is 2.97. The standard InChI is InChI=1S/C17H22N2O5/c1-11-10-23-14-8-12(15(20)18-22)4-5-13(14)9-19(11)16(21)17(2)6-3-7-24-17/h4-5,8,11,22H,3,6-7,9-10H2,1-2H3,(H,18,20)/t11-,17+/m0/s1. The van der Waals surface area contributed by atoms with Crippen LogP contribution in [0.2, 0.25) is 0 Å². The van der Waals surface area contributed by atoms with Crippen LogP contribution in [0.4, 0.5) is 0 Å². The lowest BCUT2D eigenvalue weighted by Gasteiger charge is -2.33. The van der Waals surface area contributed by atoms with Gasteiger partial charge in [-0.15, -0.1) is 0 Å². The molecule has 2 aliphatic rings. The number of carbonyl (C=O) groups excluding carboxylic acids is 2. The van der Waals surface area contributed by atoms with Gasteiger partial charge in [0.25, 0.3) is 11.8 Å². The van der Waals surface area contributed by atoms with Crippen molar-refractivity contribution in [2.45, 2.75) is 44.9 Å². The van der Waals surface area contributed by atoms with E-state index in [1.165, 1.54) is 0 Å². The molecule has 7 heteroatoms. The van der Waals surface area contributed by atoms with Crippen molar-refractivity contribution >= 4 is 11.8 Å². The molecule has 2 N–H and O–H groups in total. The molecule has 7 nitrogen and oxygen atoms in total. The largest absolute Gasteiger partial charge is 0.491 e. The molecule has 130 valence electrons. The van der Waals surface area contributed by atoms with Crippen molar-refractivity contribution in [2.75, 3.05) is 13.2 Å². The summed E-state index contributed by atoms with van der Waals surface area (Å²) in [6, 6.07) is 4.81. The number of carbonyl (C=O) groups is 2. The summed E-state index contributed by atoms with van der Waals surface area (Å²) >= 11 is 0. The maximum absolute atomic E-state index is 13.0. The Morgan fingerprint density at radius 2 is 2.21 bits per heavy atom. The molecule has 0 bridgehead atoms. The van der Waals surface area contributed by atoms with Crippen LogP contribution >= 0.6 is 0 Å². The molecule has 24 heavy (non-hydrogen) atoms. The maximum Gasteiger partial charge on any atom is 0.274 e. The molecule has 0 aromatic heterocycles. The fourth-order valence-electron chi connectivity index (χ4n) is 3.19. The van der Waals surface area contributed by atoms with E-state index < -0.39 is 11.5 Å². The highest BCUT2D eigenvalue weighted by atomic mass is 16.5. The average molecular weight is 334 g/mol. The van der Waals surface area contributed by atoms with E-state index in [0.29, 0.717) is 31.1 Å². The predicted molar refractivity (Wildman–Crippen MR) is 84.8 cm³/mol. The molecule has 1 aromatic rings. The molecule has 0 radical (unpaired) electrons. The van der Waals surface area contributed by atoms with Crippen molar-refractivity contribution in [3.63, 3.8) is 0 Å². The van der Waals surface area contributed by atoms with Gasteiger partial charge in [0.15, 0.2) is 0 Å². The zero-order valence-electron chi connectivity index (χ0n) is 13.9. The quantitative estimate of drug-likeness (QED) is 0.632. The molecule has 2 heterocycles. The molecule has 2 atom stereocenters. The fourth-order valence-corrected chi connectivity index (χ4v) is 3.19. The second-order valence-corrected chi connectivity index (χ2v) is 6.54. The number of hydroxylamine groups is 1. The molecule has 1 fully saturated rings. The van der Waals surface area contributed by atoms with Crippen LogP contribution < -0.4 is 10.2 Å². The summed E-state index contributed by atoms with van der Waals surface area (Å²) in [5, 5.41) is 8.75. The Hall–Kier alpha value is -2.12. The minimum atomic E-state index is -0.768. The normalized spacial score (nSPS) is 26.3. The summed E-state index contributed by atoms with van der Waals surface area (Å²) in [4.78, 5) is 26.3. The van der Waals surface area contributed by atoms with E-state index in [4.69, 9.17) is 14.7 Å². The lowest BCUT2D eigenvalue weighted by molar-refractivity contribution is -0.154. The Bertz CT molecular complexity index is 654. The molecule has 3 rings (SSSR count). The Morgan fingerprint density at radius 3 is 2.88 bits per heavy atom. The lowest BCUT2D eigenvalue weighted by atomic mass is 9.99. The van der Waals surface area contributed by atoms with Gasteiger partial charge >= 0.3 is 0 Å². The van der Waals surface area contributed by atoms with Crippen LogP contribution in [0.15, 0.2) is 18.2 Å². The van der Waals surface area contributed by atoms with Crippen LogP contribution in [0.3, 0.4) is 0 Å². The van der Waals surface area contributed by atoms with E-state index in [-0.39, 0.29) is 11.9 Å². The topological polar surface area (TPSA) is 88.1 Å². The number of nitrogens with one attached hydrogen (secondary N) is 1. The Labute approximate surface area is 140 Å². The SMILES string of the molecule is C[C@H]1COc2cc(C(=O)NO)ccc2CN1C(=O)[C@@]1(C)CCCO1. The highest BCUT2D eigenvalue weighted by Crippen LogP contribution is 2.32. The van der Waals surface area contributed by atoms with Gasteiger partial charge < -0.3 is 14.4 Å². The molecule has 0 unspecified atom stereocenters. The summed E-state index contributed by atoms with van der Waals surface area (Å²) in [7, 11) is 0. The van der Waals surface area contributed by atoms with Gasteiger partial charge in [-0.1, -0.05) is 6.07 Å². The minimum absolute atomic E-state index is 0.0267. The number of nitrogens with zero attached hydrogens (tertiary/aromatic N) is 1. The first-order valence-electron chi connectivity index (χ1n) is 8.10. The summed E-state index contributed by atoms with van der Waals surface area (Å²) < 4.78 is 11.5. The van der Waals surface area contributed by atoms with Crippen molar-refractivity contribution in [1.29, 1.82) is 0 Å². The first kappa shape index (κ1) is 16.7. The lowest BCUT2D eigenvalue weighted by Crippen LogP contribution is -2.50. The van der Waals surface area contributed by atoms with Crippen molar-refractivity contribution in [2.24, 2.45) is 0 Å². The number of rotatable bonds is 2. The molecule has 0 saturated carbocycles. The van der Waals surface area contributed by atoms with E-state index in [1.807, 2.05) is 13.8 Å². The van der Waals surface area contributed by atoms with Gasteiger partial charge in [-0.25, -0.2) is 5.48 Å². The Kier molecular flexibility index (Phi) is 4.47.